The number of hydrogen-bond acceptors (Lipinski definition) is 4. The Balaban J connectivity index is 2.10. The largest absolute Gasteiger partial charge is 0.354 e. The van der Waals surface area contributed by atoms with Gasteiger partial charge in [-0.05, 0) is 25.0 Å². The third-order valence-corrected chi connectivity index (χ3v) is 4.10. The second-order valence-electron chi connectivity index (χ2n) is 4.09. The predicted molar refractivity (Wildman–Crippen MR) is 81.9 cm³/mol. The first-order valence-corrected chi connectivity index (χ1v) is 7.50. The molecule has 0 fully saturated rings. The summed E-state index contributed by atoms with van der Waals surface area (Å²) in [5, 5.41) is 4.50. The summed E-state index contributed by atoms with van der Waals surface area (Å²) in [6.45, 7) is 4.92. The zero-order valence-electron chi connectivity index (χ0n) is 11.0. The monoisotopic (exact) mass is 293 g/mol. The van der Waals surface area contributed by atoms with E-state index in [-0.39, 0.29) is 0 Å². The molecular weight excluding hydrogens is 278 g/mol. The molecule has 1 N–H and O–H groups in total. The average molecular weight is 294 g/mol. The third kappa shape index (κ3) is 3.85. The smallest absolute Gasteiger partial charge is 0.223 e. The highest BCUT2D eigenvalue weighted by Gasteiger charge is 2.07. The lowest BCUT2D eigenvalue weighted by Gasteiger charge is -2.08. The molecule has 2 rings (SSSR count). The fraction of sp³-hybridized carbons (Fsp3) is 0.286. The molecule has 2 aromatic rings. The van der Waals surface area contributed by atoms with E-state index in [1.807, 2.05) is 13.0 Å². The van der Waals surface area contributed by atoms with E-state index < -0.39 is 0 Å². The molecule has 0 aliphatic rings. The van der Waals surface area contributed by atoms with Gasteiger partial charge in [0, 0.05) is 12.3 Å². The molecule has 0 radical (unpaired) electrons. The lowest BCUT2D eigenvalue weighted by molar-refractivity contribution is 1.01. The summed E-state index contributed by atoms with van der Waals surface area (Å²) >= 11 is 7.76. The van der Waals surface area contributed by atoms with Crippen molar-refractivity contribution >= 4 is 29.3 Å². The van der Waals surface area contributed by atoms with Crippen molar-refractivity contribution in [2.75, 3.05) is 11.9 Å². The van der Waals surface area contributed by atoms with E-state index in [1.165, 1.54) is 11.1 Å². The number of thioether (sulfide) groups is 1. The van der Waals surface area contributed by atoms with E-state index in [9.17, 15) is 0 Å². The minimum atomic E-state index is 0.597. The molecule has 5 heteroatoms. The first-order valence-electron chi connectivity index (χ1n) is 6.14. The average Bonchev–Trinajstić information content (AvgIpc) is 2.41. The second kappa shape index (κ2) is 6.78. The van der Waals surface area contributed by atoms with Crippen LogP contribution in [0.5, 0.6) is 0 Å². The molecule has 0 spiro atoms. The van der Waals surface area contributed by atoms with E-state index in [4.69, 9.17) is 11.6 Å². The molecule has 0 aliphatic heterocycles. The molecule has 0 aliphatic carbocycles. The van der Waals surface area contributed by atoms with Gasteiger partial charge in [-0.25, -0.2) is 9.97 Å². The maximum absolute atomic E-state index is 6.13. The van der Waals surface area contributed by atoms with Gasteiger partial charge in [0.15, 0.2) is 0 Å². The fourth-order valence-corrected chi connectivity index (χ4v) is 2.83. The van der Waals surface area contributed by atoms with E-state index in [1.54, 1.807) is 18.0 Å². The van der Waals surface area contributed by atoms with Gasteiger partial charge in [0.05, 0.1) is 11.2 Å². The van der Waals surface area contributed by atoms with E-state index >= 15 is 0 Å². The normalized spacial score (nSPS) is 10.5. The molecule has 0 unspecified atom stereocenters. The minimum Gasteiger partial charge on any atom is -0.354 e. The lowest BCUT2D eigenvalue weighted by atomic mass is 10.1. The van der Waals surface area contributed by atoms with E-state index in [0.29, 0.717) is 11.0 Å². The molecule has 0 saturated carbocycles. The number of hydrogen-bond donors (Lipinski definition) is 1. The van der Waals surface area contributed by atoms with Crippen LogP contribution in [0.2, 0.25) is 5.02 Å². The number of nitrogens with one attached hydrogen (secondary N) is 1. The molecule has 0 saturated heterocycles. The van der Waals surface area contributed by atoms with Crippen molar-refractivity contribution in [2.24, 2.45) is 0 Å². The Morgan fingerprint density at radius 3 is 2.84 bits per heavy atom. The Bertz CT molecular complexity index is 560. The molecule has 19 heavy (non-hydrogen) atoms. The number of aromatic nitrogens is 2. The van der Waals surface area contributed by atoms with Gasteiger partial charge in [0.25, 0.3) is 0 Å². The van der Waals surface area contributed by atoms with Gasteiger partial charge in [-0.1, -0.05) is 47.6 Å². The molecule has 100 valence electrons. The quantitative estimate of drug-likeness (QED) is 0.663. The topological polar surface area (TPSA) is 37.8 Å². The number of nitrogens with zero attached hydrogens (tertiary/aromatic N) is 2. The second-order valence-corrected chi connectivity index (χ2v) is 5.46. The van der Waals surface area contributed by atoms with E-state index in [0.717, 1.165) is 17.3 Å². The maximum Gasteiger partial charge on any atom is 0.223 e. The van der Waals surface area contributed by atoms with Crippen LogP contribution in [0.1, 0.15) is 18.1 Å². The van der Waals surface area contributed by atoms with Crippen LogP contribution in [-0.4, -0.2) is 16.5 Å². The summed E-state index contributed by atoms with van der Waals surface area (Å²) in [5.41, 5.74) is 2.58. The number of halogens is 1. The zero-order chi connectivity index (χ0) is 13.7. The van der Waals surface area contributed by atoms with Crippen molar-refractivity contribution in [3.8, 4) is 0 Å². The van der Waals surface area contributed by atoms with Gasteiger partial charge in [-0.3, -0.25) is 0 Å². The number of benzene rings is 1. The van der Waals surface area contributed by atoms with Crippen molar-refractivity contribution in [2.45, 2.75) is 24.6 Å². The van der Waals surface area contributed by atoms with Gasteiger partial charge in [0.1, 0.15) is 5.03 Å². The molecule has 0 amide bonds. The van der Waals surface area contributed by atoms with Gasteiger partial charge in [0.2, 0.25) is 5.95 Å². The van der Waals surface area contributed by atoms with Crippen molar-refractivity contribution in [3.63, 3.8) is 0 Å². The van der Waals surface area contributed by atoms with Crippen molar-refractivity contribution in [1.29, 1.82) is 0 Å². The van der Waals surface area contributed by atoms with Crippen LogP contribution in [-0.2, 0) is 5.75 Å². The van der Waals surface area contributed by atoms with Crippen LogP contribution in [0.15, 0.2) is 35.5 Å². The SMILES string of the molecule is CCNc1ncc(Cl)c(SCc2ccccc2C)n1. The Labute approximate surface area is 122 Å². The molecular formula is C14H16ClN3S. The van der Waals surface area contributed by atoms with Crippen molar-refractivity contribution in [1.82, 2.24) is 9.97 Å². The molecule has 1 aromatic carbocycles. The maximum atomic E-state index is 6.13. The molecule has 0 bridgehead atoms. The fourth-order valence-electron chi connectivity index (χ4n) is 1.61. The van der Waals surface area contributed by atoms with Gasteiger partial charge >= 0.3 is 0 Å². The third-order valence-electron chi connectivity index (χ3n) is 2.67. The Kier molecular flexibility index (Phi) is 5.05. The van der Waals surface area contributed by atoms with Crippen LogP contribution in [0.3, 0.4) is 0 Å². The highest BCUT2D eigenvalue weighted by atomic mass is 35.5. The summed E-state index contributed by atoms with van der Waals surface area (Å²) in [6.07, 6.45) is 1.65. The van der Waals surface area contributed by atoms with E-state index in [2.05, 4.69) is 40.4 Å². The number of aryl methyl sites for hydroxylation is 1. The lowest BCUT2D eigenvalue weighted by Crippen LogP contribution is -2.02. The zero-order valence-corrected chi connectivity index (χ0v) is 12.6. The van der Waals surface area contributed by atoms with Crippen LogP contribution in [0.25, 0.3) is 0 Å². The standard InChI is InChI=1S/C14H16ClN3S/c1-3-16-14-17-8-12(15)13(18-14)19-9-11-7-5-4-6-10(11)2/h4-8H,3,9H2,1-2H3,(H,16,17,18). The summed E-state index contributed by atoms with van der Waals surface area (Å²) in [4.78, 5) is 8.55. The van der Waals surface area contributed by atoms with Gasteiger partial charge in [-0.15, -0.1) is 0 Å². The van der Waals surface area contributed by atoms with Gasteiger partial charge in [-0.2, -0.15) is 0 Å². The highest BCUT2D eigenvalue weighted by Crippen LogP contribution is 2.28. The van der Waals surface area contributed by atoms with Crippen molar-refractivity contribution < 1.29 is 0 Å². The highest BCUT2D eigenvalue weighted by molar-refractivity contribution is 7.98. The number of rotatable bonds is 5. The summed E-state index contributed by atoms with van der Waals surface area (Å²) in [7, 11) is 0. The van der Waals surface area contributed by atoms with Crippen LogP contribution in [0.4, 0.5) is 5.95 Å². The predicted octanol–water partition coefficient (Wildman–Crippen LogP) is 4.16. The van der Waals surface area contributed by atoms with Crippen molar-refractivity contribution in [3.05, 3.63) is 46.6 Å². The summed E-state index contributed by atoms with van der Waals surface area (Å²) < 4.78 is 0. The minimum absolute atomic E-state index is 0.597. The van der Waals surface area contributed by atoms with Crippen LogP contribution < -0.4 is 5.32 Å². The van der Waals surface area contributed by atoms with Gasteiger partial charge < -0.3 is 5.32 Å². The molecule has 1 heterocycles. The first-order chi connectivity index (χ1) is 9.20. The number of anilines is 1. The first kappa shape index (κ1) is 14.2. The summed E-state index contributed by atoms with van der Waals surface area (Å²) in [5.74, 6) is 1.48. The Hall–Kier alpha value is -1.26. The Morgan fingerprint density at radius 2 is 2.11 bits per heavy atom. The van der Waals surface area contributed by atoms with Crippen LogP contribution in [0, 0.1) is 6.92 Å². The molecule has 0 atom stereocenters. The molecule has 1 aromatic heterocycles. The molecule has 3 nitrogen and oxygen atoms in total. The Morgan fingerprint density at radius 1 is 1.32 bits per heavy atom. The van der Waals surface area contributed by atoms with Crippen LogP contribution >= 0.6 is 23.4 Å². The summed E-state index contributed by atoms with van der Waals surface area (Å²) in [6, 6.07) is 8.34.